The van der Waals surface area contributed by atoms with Crippen LogP contribution in [0.5, 0.6) is 0 Å². The second kappa shape index (κ2) is 8.03. The molecule has 1 aromatic heterocycles. The highest BCUT2D eigenvalue weighted by Crippen LogP contribution is 2.20. The lowest BCUT2D eigenvalue weighted by molar-refractivity contribution is 0.0107. The van der Waals surface area contributed by atoms with Crippen molar-refractivity contribution in [2.45, 2.75) is 19.6 Å². The molecule has 0 aromatic carbocycles. The molecule has 0 fully saturated rings. The van der Waals surface area contributed by atoms with Crippen LogP contribution in [0.2, 0.25) is 4.34 Å². The van der Waals surface area contributed by atoms with E-state index in [1.54, 1.807) is 18.4 Å². The van der Waals surface area contributed by atoms with Crippen molar-refractivity contribution >= 4 is 22.9 Å². The Morgan fingerprint density at radius 1 is 1.50 bits per heavy atom. The molecule has 1 atom stereocenters. The summed E-state index contributed by atoms with van der Waals surface area (Å²) in [4.78, 5) is 1.25. The van der Waals surface area contributed by atoms with Gasteiger partial charge < -0.3 is 14.8 Å². The molecule has 0 bridgehead atoms. The maximum atomic E-state index is 5.83. The maximum Gasteiger partial charge on any atom is 0.0931 e. The SMILES string of the molecule is COCC(C)OCCNCc1ccc(Cl)s1. The van der Waals surface area contributed by atoms with Crippen molar-refractivity contribution in [2.24, 2.45) is 0 Å². The summed E-state index contributed by atoms with van der Waals surface area (Å²) < 4.78 is 11.3. The number of rotatable bonds is 8. The molecule has 0 amide bonds. The first-order valence-electron chi connectivity index (χ1n) is 5.28. The van der Waals surface area contributed by atoms with Crippen molar-refractivity contribution in [3.8, 4) is 0 Å². The Bertz CT molecular complexity index is 293. The van der Waals surface area contributed by atoms with E-state index in [9.17, 15) is 0 Å². The van der Waals surface area contributed by atoms with Gasteiger partial charge in [-0.2, -0.15) is 0 Å². The summed E-state index contributed by atoms with van der Waals surface area (Å²) in [5, 5.41) is 3.30. The van der Waals surface area contributed by atoms with Gasteiger partial charge in [-0.05, 0) is 19.1 Å². The van der Waals surface area contributed by atoms with Gasteiger partial charge in [0.15, 0.2) is 0 Å². The second-order valence-electron chi connectivity index (χ2n) is 3.52. The highest BCUT2D eigenvalue weighted by Gasteiger charge is 2.00. The van der Waals surface area contributed by atoms with Crippen LogP contribution in [0, 0.1) is 0 Å². The molecule has 1 heterocycles. The minimum atomic E-state index is 0.156. The molecule has 0 saturated heterocycles. The van der Waals surface area contributed by atoms with Gasteiger partial charge >= 0.3 is 0 Å². The smallest absolute Gasteiger partial charge is 0.0931 e. The Kier molecular flexibility index (Phi) is 7.00. The van der Waals surface area contributed by atoms with Gasteiger partial charge in [-0.1, -0.05) is 11.6 Å². The van der Waals surface area contributed by atoms with Gasteiger partial charge in [-0.25, -0.2) is 0 Å². The Labute approximate surface area is 106 Å². The predicted molar refractivity (Wildman–Crippen MR) is 68.3 cm³/mol. The molecule has 5 heteroatoms. The predicted octanol–water partition coefficient (Wildman–Crippen LogP) is 2.54. The van der Waals surface area contributed by atoms with E-state index in [-0.39, 0.29) is 6.10 Å². The van der Waals surface area contributed by atoms with E-state index in [4.69, 9.17) is 21.1 Å². The van der Waals surface area contributed by atoms with Gasteiger partial charge in [0.05, 0.1) is 23.7 Å². The fourth-order valence-electron chi connectivity index (χ4n) is 1.27. The summed E-state index contributed by atoms with van der Waals surface area (Å²) in [6.07, 6.45) is 0.156. The van der Waals surface area contributed by atoms with Crippen LogP contribution in [-0.2, 0) is 16.0 Å². The summed E-state index contributed by atoms with van der Waals surface area (Å²) in [6, 6.07) is 3.95. The maximum absolute atomic E-state index is 5.83. The Morgan fingerprint density at radius 3 is 2.94 bits per heavy atom. The highest BCUT2D eigenvalue weighted by molar-refractivity contribution is 7.16. The quantitative estimate of drug-likeness (QED) is 0.732. The lowest BCUT2D eigenvalue weighted by Gasteiger charge is -2.11. The molecule has 0 aliphatic rings. The van der Waals surface area contributed by atoms with E-state index >= 15 is 0 Å². The van der Waals surface area contributed by atoms with E-state index in [0.717, 1.165) is 17.4 Å². The average molecular weight is 264 g/mol. The van der Waals surface area contributed by atoms with Crippen LogP contribution in [0.25, 0.3) is 0 Å². The molecule has 1 unspecified atom stereocenters. The molecule has 0 spiro atoms. The fourth-order valence-corrected chi connectivity index (χ4v) is 2.33. The van der Waals surface area contributed by atoms with Crippen molar-refractivity contribution in [2.75, 3.05) is 26.9 Å². The largest absolute Gasteiger partial charge is 0.382 e. The van der Waals surface area contributed by atoms with E-state index < -0.39 is 0 Å². The third-order valence-corrected chi connectivity index (χ3v) is 3.24. The minimum Gasteiger partial charge on any atom is -0.382 e. The van der Waals surface area contributed by atoms with Gasteiger partial charge in [0.2, 0.25) is 0 Å². The minimum absolute atomic E-state index is 0.156. The highest BCUT2D eigenvalue weighted by atomic mass is 35.5. The first-order valence-corrected chi connectivity index (χ1v) is 6.47. The summed E-state index contributed by atoms with van der Waals surface area (Å²) in [5.41, 5.74) is 0. The topological polar surface area (TPSA) is 30.5 Å². The lowest BCUT2D eigenvalue weighted by atomic mass is 10.4. The van der Waals surface area contributed by atoms with Gasteiger partial charge in [0.1, 0.15) is 0 Å². The zero-order valence-electron chi connectivity index (χ0n) is 9.66. The fraction of sp³-hybridized carbons (Fsp3) is 0.636. The van der Waals surface area contributed by atoms with E-state index in [2.05, 4.69) is 5.32 Å². The number of halogens is 1. The van der Waals surface area contributed by atoms with E-state index in [1.807, 2.05) is 19.1 Å². The third-order valence-electron chi connectivity index (χ3n) is 2.01. The molecule has 0 aliphatic heterocycles. The number of hydrogen-bond donors (Lipinski definition) is 1. The Balaban J connectivity index is 2.00. The molecule has 92 valence electrons. The van der Waals surface area contributed by atoms with Crippen LogP contribution >= 0.6 is 22.9 Å². The van der Waals surface area contributed by atoms with Gasteiger partial charge in [-0.3, -0.25) is 0 Å². The first-order chi connectivity index (χ1) is 7.72. The second-order valence-corrected chi connectivity index (χ2v) is 5.32. The molecule has 1 N–H and O–H groups in total. The number of methoxy groups -OCH3 is 1. The molecule has 3 nitrogen and oxygen atoms in total. The molecule has 1 rings (SSSR count). The molecule has 0 aliphatic carbocycles. The van der Waals surface area contributed by atoms with Crippen LogP contribution in [0.15, 0.2) is 12.1 Å². The molecule has 0 radical (unpaired) electrons. The summed E-state index contributed by atoms with van der Waals surface area (Å²) in [7, 11) is 1.68. The van der Waals surface area contributed by atoms with Crippen molar-refractivity contribution in [1.29, 1.82) is 0 Å². The molecular weight excluding hydrogens is 246 g/mol. The lowest BCUT2D eigenvalue weighted by Crippen LogP contribution is -2.23. The zero-order chi connectivity index (χ0) is 11.8. The van der Waals surface area contributed by atoms with Crippen LogP contribution in [0.1, 0.15) is 11.8 Å². The number of hydrogen-bond acceptors (Lipinski definition) is 4. The molecule has 1 aromatic rings. The number of ether oxygens (including phenoxy) is 2. The molecule has 16 heavy (non-hydrogen) atoms. The molecular formula is C11H18ClNO2S. The summed E-state index contributed by atoms with van der Waals surface area (Å²) in [6.45, 7) is 5.02. The monoisotopic (exact) mass is 263 g/mol. The third kappa shape index (κ3) is 5.82. The van der Waals surface area contributed by atoms with E-state index in [0.29, 0.717) is 13.2 Å². The molecule has 0 saturated carbocycles. The van der Waals surface area contributed by atoms with Crippen LogP contribution in [0.4, 0.5) is 0 Å². The average Bonchev–Trinajstić information content (AvgIpc) is 2.64. The van der Waals surface area contributed by atoms with Crippen LogP contribution < -0.4 is 5.32 Å². The standard InChI is InChI=1S/C11H18ClNO2S/c1-9(8-14-2)15-6-5-13-7-10-3-4-11(12)16-10/h3-4,9,13H,5-8H2,1-2H3. The van der Waals surface area contributed by atoms with Crippen molar-refractivity contribution in [3.05, 3.63) is 21.3 Å². The number of nitrogens with one attached hydrogen (secondary N) is 1. The van der Waals surface area contributed by atoms with Crippen molar-refractivity contribution < 1.29 is 9.47 Å². The summed E-state index contributed by atoms with van der Waals surface area (Å²) >= 11 is 7.43. The van der Waals surface area contributed by atoms with E-state index in [1.165, 1.54) is 4.88 Å². The van der Waals surface area contributed by atoms with Gasteiger partial charge in [-0.15, -0.1) is 11.3 Å². The van der Waals surface area contributed by atoms with Gasteiger partial charge in [0, 0.05) is 25.1 Å². The van der Waals surface area contributed by atoms with Crippen molar-refractivity contribution in [3.63, 3.8) is 0 Å². The van der Waals surface area contributed by atoms with Gasteiger partial charge in [0.25, 0.3) is 0 Å². The zero-order valence-corrected chi connectivity index (χ0v) is 11.2. The van der Waals surface area contributed by atoms with Crippen LogP contribution in [0.3, 0.4) is 0 Å². The normalized spacial score (nSPS) is 12.9. The van der Waals surface area contributed by atoms with Crippen LogP contribution in [-0.4, -0.2) is 33.0 Å². The number of thiophene rings is 1. The van der Waals surface area contributed by atoms with Crippen molar-refractivity contribution in [1.82, 2.24) is 5.32 Å². The Morgan fingerprint density at radius 2 is 2.31 bits per heavy atom. The Hall–Kier alpha value is -0.130. The first kappa shape index (κ1) is 13.9. The summed E-state index contributed by atoms with van der Waals surface area (Å²) in [5.74, 6) is 0.